The number of hydrogen-bond acceptors (Lipinski definition) is 1. The van der Waals surface area contributed by atoms with Crippen LogP contribution in [0.2, 0.25) is 18.6 Å². The van der Waals surface area contributed by atoms with E-state index >= 15 is 0 Å². The Labute approximate surface area is 109 Å². The van der Waals surface area contributed by atoms with E-state index in [-0.39, 0.29) is 0 Å². The molecule has 0 N–H and O–H groups in total. The summed E-state index contributed by atoms with van der Waals surface area (Å²) in [4.78, 5) is 0. The highest BCUT2D eigenvalue weighted by atomic mass is 28.3. The molecular formula is C15H31NSi. The molecule has 5 atom stereocenters. The normalized spacial score (nSPS) is 45.5. The molecule has 0 aromatic rings. The van der Waals surface area contributed by atoms with E-state index in [1.807, 2.05) is 0 Å². The number of nitrogens with zero attached hydrogens (tertiary/aromatic N) is 1. The quantitative estimate of drug-likeness (QED) is 0.661. The highest BCUT2D eigenvalue weighted by molar-refractivity contribution is 6.79. The molecule has 1 saturated carbocycles. The lowest BCUT2D eigenvalue weighted by atomic mass is 9.92. The molecule has 0 spiro atoms. The van der Waals surface area contributed by atoms with E-state index in [2.05, 4.69) is 59.2 Å². The van der Waals surface area contributed by atoms with Gasteiger partial charge in [0.2, 0.25) is 0 Å². The largest absolute Gasteiger partial charge is 0.315 e. The molecular weight excluding hydrogens is 222 g/mol. The maximum absolute atomic E-state index is 2.97. The minimum Gasteiger partial charge on any atom is -0.315 e. The topological polar surface area (TPSA) is 3.24 Å². The van der Waals surface area contributed by atoms with Crippen LogP contribution in [0.5, 0.6) is 0 Å². The fourth-order valence-corrected chi connectivity index (χ4v) is 10.9. The van der Waals surface area contributed by atoms with Crippen LogP contribution >= 0.6 is 0 Å². The van der Waals surface area contributed by atoms with E-state index in [4.69, 9.17) is 0 Å². The SMILES string of the molecule is CCC(C)(C)N1C2C(C(C)C(C)[C@H]2C)[Si]1(C)C. The Bertz CT molecular complexity index is 310. The van der Waals surface area contributed by atoms with Crippen LogP contribution in [0.1, 0.15) is 48.0 Å². The molecule has 1 aliphatic heterocycles. The summed E-state index contributed by atoms with van der Waals surface area (Å²) in [6.45, 7) is 20.0. The lowest BCUT2D eigenvalue weighted by Crippen LogP contribution is -2.76. The Hall–Kier alpha value is 0.177. The molecule has 1 saturated heterocycles. The van der Waals surface area contributed by atoms with Gasteiger partial charge in [0.25, 0.3) is 0 Å². The lowest BCUT2D eigenvalue weighted by Gasteiger charge is -2.66. The van der Waals surface area contributed by atoms with Crippen molar-refractivity contribution in [1.29, 1.82) is 0 Å². The van der Waals surface area contributed by atoms with Crippen molar-refractivity contribution in [2.75, 3.05) is 0 Å². The van der Waals surface area contributed by atoms with E-state index in [9.17, 15) is 0 Å². The molecule has 0 radical (unpaired) electrons. The third-order valence-corrected chi connectivity index (χ3v) is 11.0. The predicted molar refractivity (Wildman–Crippen MR) is 78.7 cm³/mol. The minimum absolute atomic E-state index is 0.412. The molecule has 1 heterocycles. The Morgan fingerprint density at radius 1 is 1.00 bits per heavy atom. The van der Waals surface area contributed by atoms with Crippen LogP contribution < -0.4 is 0 Å². The molecule has 2 fully saturated rings. The Kier molecular flexibility index (Phi) is 3.07. The van der Waals surface area contributed by atoms with Crippen LogP contribution in [-0.4, -0.2) is 24.4 Å². The predicted octanol–water partition coefficient (Wildman–Crippen LogP) is 4.36. The fraction of sp³-hybridized carbons (Fsp3) is 1.00. The van der Waals surface area contributed by atoms with Gasteiger partial charge in [-0.25, -0.2) is 0 Å². The first-order valence-electron chi connectivity index (χ1n) is 7.45. The Morgan fingerprint density at radius 2 is 1.53 bits per heavy atom. The fourth-order valence-electron chi connectivity index (χ4n) is 5.03. The van der Waals surface area contributed by atoms with Gasteiger partial charge in [0.05, 0.1) is 0 Å². The number of fused-ring (bicyclic) bond motifs is 1. The first-order chi connectivity index (χ1) is 7.66. The van der Waals surface area contributed by atoms with Gasteiger partial charge in [-0.15, -0.1) is 0 Å². The maximum Gasteiger partial charge on any atom is 0.127 e. The van der Waals surface area contributed by atoms with Crippen LogP contribution in [-0.2, 0) is 0 Å². The highest BCUT2D eigenvalue weighted by Crippen LogP contribution is 2.62. The van der Waals surface area contributed by atoms with E-state index in [1.54, 1.807) is 0 Å². The van der Waals surface area contributed by atoms with Crippen molar-refractivity contribution in [3.05, 3.63) is 0 Å². The van der Waals surface area contributed by atoms with Gasteiger partial charge in [0.15, 0.2) is 0 Å². The minimum atomic E-state index is -1.18. The van der Waals surface area contributed by atoms with Crippen LogP contribution in [0.25, 0.3) is 0 Å². The van der Waals surface area contributed by atoms with Crippen molar-refractivity contribution in [3.63, 3.8) is 0 Å². The molecule has 0 amide bonds. The molecule has 100 valence electrons. The zero-order valence-electron chi connectivity index (χ0n) is 13.0. The molecule has 2 rings (SSSR count). The maximum atomic E-state index is 2.97. The molecule has 1 nitrogen and oxygen atoms in total. The molecule has 17 heavy (non-hydrogen) atoms. The third-order valence-electron chi connectivity index (χ3n) is 6.38. The zero-order valence-corrected chi connectivity index (χ0v) is 14.0. The van der Waals surface area contributed by atoms with Crippen LogP contribution in [0.15, 0.2) is 0 Å². The number of rotatable bonds is 2. The molecule has 0 bridgehead atoms. The van der Waals surface area contributed by atoms with Crippen molar-refractivity contribution in [2.45, 2.75) is 78.2 Å². The molecule has 4 unspecified atom stereocenters. The van der Waals surface area contributed by atoms with Crippen LogP contribution in [0.3, 0.4) is 0 Å². The summed E-state index contributed by atoms with van der Waals surface area (Å²) >= 11 is 0. The van der Waals surface area contributed by atoms with Crippen molar-refractivity contribution in [1.82, 2.24) is 4.57 Å². The average molecular weight is 254 g/mol. The summed E-state index contributed by atoms with van der Waals surface area (Å²) < 4.78 is 2.97. The van der Waals surface area contributed by atoms with Crippen molar-refractivity contribution >= 4 is 8.24 Å². The van der Waals surface area contributed by atoms with Gasteiger partial charge in [0, 0.05) is 11.6 Å². The van der Waals surface area contributed by atoms with Gasteiger partial charge >= 0.3 is 0 Å². The average Bonchev–Trinajstić information content (AvgIpc) is 2.41. The van der Waals surface area contributed by atoms with E-state index < -0.39 is 8.24 Å². The smallest absolute Gasteiger partial charge is 0.127 e. The molecule has 2 aliphatic rings. The molecule has 0 aromatic heterocycles. The Balaban J connectivity index is 2.33. The van der Waals surface area contributed by atoms with Crippen molar-refractivity contribution in [3.8, 4) is 0 Å². The Morgan fingerprint density at radius 3 is 2.00 bits per heavy atom. The molecule has 2 heteroatoms. The summed E-state index contributed by atoms with van der Waals surface area (Å²) in [5.41, 5.74) is 1.45. The van der Waals surface area contributed by atoms with E-state index in [1.165, 1.54) is 6.42 Å². The first-order valence-corrected chi connectivity index (χ1v) is 10.5. The number of hydrogen-bond donors (Lipinski definition) is 0. The monoisotopic (exact) mass is 253 g/mol. The highest BCUT2D eigenvalue weighted by Gasteiger charge is 2.67. The zero-order chi connectivity index (χ0) is 13.2. The van der Waals surface area contributed by atoms with Crippen molar-refractivity contribution < 1.29 is 0 Å². The summed E-state index contributed by atoms with van der Waals surface area (Å²) in [5.74, 6) is 2.75. The summed E-state index contributed by atoms with van der Waals surface area (Å²) in [5, 5.41) is 0. The van der Waals surface area contributed by atoms with E-state index in [0.29, 0.717) is 5.54 Å². The van der Waals surface area contributed by atoms with Gasteiger partial charge in [-0.3, -0.25) is 0 Å². The first kappa shape index (κ1) is 13.6. The second-order valence-electron chi connectivity index (χ2n) is 7.78. The van der Waals surface area contributed by atoms with Gasteiger partial charge in [-0.1, -0.05) is 40.8 Å². The van der Waals surface area contributed by atoms with Crippen LogP contribution in [0.4, 0.5) is 0 Å². The summed E-state index contributed by atoms with van der Waals surface area (Å²) in [6, 6.07) is 0.886. The van der Waals surface area contributed by atoms with Gasteiger partial charge in [-0.2, -0.15) is 0 Å². The van der Waals surface area contributed by atoms with Crippen molar-refractivity contribution in [2.24, 2.45) is 17.8 Å². The van der Waals surface area contributed by atoms with E-state index in [0.717, 1.165) is 29.3 Å². The lowest BCUT2D eigenvalue weighted by molar-refractivity contribution is 0.0817. The standard InChI is InChI=1S/C15H31NSi/c1-9-15(5,6)16-13-11(3)10(2)12(4)14(13)17(16,7)8/h10-14H,9H2,1-8H3/t10?,11-,12?,13?,14?/m1/s1. The summed E-state index contributed by atoms with van der Waals surface area (Å²) in [7, 11) is -1.18. The summed E-state index contributed by atoms with van der Waals surface area (Å²) in [6.07, 6.45) is 1.28. The van der Waals surface area contributed by atoms with Gasteiger partial charge in [-0.05, 0) is 43.6 Å². The molecule has 1 aliphatic carbocycles. The van der Waals surface area contributed by atoms with Gasteiger partial charge < -0.3 is 4.57 Å². The van der Waals surface area contributed by atoms with Crippen LogP contribution in [0, 0.1) is 17.8 Å². The van der Waals surface area contributed by atoms with Gasteiger partial charge in [0.1, 0.15) is 8.24 Å². The second kappa shape index (κ2) is 3.83. The molecule has 0 aromatic carbocycles. The second-order valence-corrected chi connectivity index (χ2v) is 12.2. The third kappa shape index (κ3) is 1.59.